The average molecular weight is 442 g/mol. The summed E-state index contributed by atoms with van der Waals surface area (Å²) >= 11 is 1.38. The summed E-state index contributed by atoms with van der Waals surface area (Å²) < 4.78 is 1.95. The van der Waals surface area contributed by atoms with Gasteiger partial charge in [0.25, 0.3) is 5.91 Å². The molecule has 0 spiro atoms. The molecule has 2 aromatic rings. The van der Waals surface area contributed by atoms with Crippen LogP contribution < -0.4 is 10.6 Å². The maximum absolute atomic E-state index is 12.3. The van der Waals surface area contributed by atoms with Crippen molar-refractivity contribution in [2.45, 2.75) is 63.2 Å². The zero-order valence-corrected chi connectivity index (χ0v) is 18.9. The van der Waals surface area contributed by atoms with Gasteiger partial charge in [-0.2, -0.15) is 0 Å². The normalized spacial score (nSPS) is 14.2. The largest absolute Gasteiger partial charge is 0.353 e. The molecule has 1 fully saturated rings. The van der Waals surface area contributed by atoms with Crippen LogP contribution in [-0.4, -0.2) is 44.9 Å². The highest BCUT2D eigenvalue weighted by atomic mass is 32.2. The number of hydrogen-bond donors (Lipinski definition) is 2. The molecular weight excluding hydrogens is 410 g/mol. The first-order valence-corrected chi connectivity index (χ1v) is 11.9. The molecule has 2 N–H and O–H groups in total. The Bertz CT molecular complexity index is 905. The summed E-state index contributed by atoms with van der Waals surface area (Å²) in [4.78, 5) is 24.6. The van der Waals surface area contributed by atoms with E-state index in [1.54, 1.807) is 12.1 Å². The molecule has 3 rings (SSSR count). The molecule has 7 nitrogen and oxygen atoms in total. The fourth-order valence-electron chi connectivity index (χ4n) is 3.75. The maximum atomic E-state index is 12.3. The number of allylic oxidation sites excluding steroid dienone is 1. The molecule has 0 radical (unpaired) electrons. The van der Waals surface area contributed by atoms with Gasteiger partial charge in [-0.1, -0.05) is 54.8 Å². The second kappa shape index (κ2) is 11.7. The van der Waals surface area contributed by atoms with Gasteiger partial charge < -0.3 is 15.2 Å². The fourth-order valence-corrected chi connectivity index (χ4v) is 4.52. The summed E-state index contributed by atoms with van der Waals surface area (Å²) in [5.74, 6) is 1.01. The Morgan fingerprint density at radius 3 is 2.81 bits per heavy atom. The highest BCUT2D eigenvalue weighted by Crippen LogP contribution is 2.20. The van der Waals surface area contributed by atoms with E-state index in [0.29, 0.717) is 42.0 Å². The van der Waals surface area contributed by atoms with E-state index in [9.17, 15) is 9.59 Å². The SMILES string of the molecule is C=CCn1c(CCNC(=O)c2cccc(C)c2)nnc1SCC(=O)NC1CCCCC1. The Morgan fingerprint density at radius 2 is 2.06 bits per heavy atom. The number of aromatic nitrogens is 3. The molecule has 1 aromatic heterocycles. The second-order valence-electron chi connectivity index (χ2n) is 7.86. The Hall–Kier alpha value is -2.61. The van der Waals surface area contributed by atoms with E-state index in [4.69, 9.17) is 0 Å². The van der Waals surface area contributed by atoms with Crippen molar-refractivity contribution in [2.24, 2.45) is 0 Å². The lowest BCUT2D eigenvalue weighted by Gasteiger charge is -2.22. The minimum absolute atomic E-state index is 0.0389. The Morgan fingerprint density at radius 1 is 1.26 bits per heavy atom. The molecule has 0 saturated heterocycles. The van der Waals surface area contributed by atoms with Crippen molar-refractivity contribution >= 4 is 23.6 Å². The molecule has 166 valence electrons. The smallest absolute Gasteiger partial charge is 0.251 e. The van der Waals surface area contributed by atoms with E-state index >= 15 is 0 Å². The maximum Gasteiger partial charge on any atom is 0.251 e. The summed E-state index contributed by atoms with van der Waals surface area (Å²) in [7, 11) is 0. The van der Waals surface area contributed by atoms with Gasteiger partial charge in [0.1, 0.15) is 5.82 Å². The molecule has 1 heterocycles. The van der Waals surface area contributed by atoms with E-state index in [1.165, 1.54) is 31.0 Å². The van der Waals surface area contributed by atoms with E-state index in [1.807, 2.05) is 29.7 Å². The number of carbonyl (C=O) groups is 2. The van der Waals surface area contributed by atoms with Gasteiger partial charge in [-0.3, -0.25) is 9.59 Å². The van der Waals surface area contributed by atoms with Crippen LogP contribution >= 0.6 is 11.8 Å². The van der Waals surface area contributed by atoms with Crippen LogP contribution in [0.15, 0.2) is 42.1 Å². The van der Waals surface area contributed by atoms with E-state index < -0.39 is 0 Å². The third-order valence-corrected chi connectivity index (χ3v) is 6.29. The van der Waals surface area contributed by atoms with Gasteiger partial charge in [0, 0.05) is 31.1 Å². The number of thioether (sulfide) groups is 1. The van der Waals surface area contributed by atoms with Gasteiger partial charge in [0.05, 0.1) is 5.75 Å². The molecule has 0 bridgehead atoms. The first-order valence-electron chi connectivity index (χ1n) is 10.9. The molecule has 31 heavy (non-hydrogen) atoms. The lowest BCUT2D eigenvalue weighted by Crippen LogP contribution is -2.37. The molecule has 1 aliphatic carbocycles. The lowest BCUT2D eigenvalue weighted by atomic mass is 9.95. The molecule has 0 atom stereocenters. The third-order valence-electron chi connectivity index (χ3n) is 5.32. The van der Waals surface area contributed by atoms with E-state index in [-0.39, 0.29) is 11.8 Å². The van der Waals surface area contributed by atoms with Gasteiger partial charge in [-0.25, -0.2) is 0 Å². The third kappa shape index (κ3) is 6.95. The molecule has 0 aliphatic heterocycles. The first kappa shape index (κ1) is 23.1. The van der Waals surface area contributed by atoms with Crippen LogP contribution in [-0.2, 0) is 17.8 Å². The number of benzene rings is 1. The van der Waals surface area contributed by atoms with Crippen molar-refractivity contribution in [3.05, 3.63) is 53.9 Å². The zero-order valence-electron chi connectivity index (χ0n) is 18.1. The second-order valence-corrected chi connectivity index (χ2v) is 8.81. The van der Waals surface area contributed by atoms with Crippen LogP contribution in [0, 0.1) is 6.92 Å². The predicted molar refractivity (Wildman–Crippen MR) is 123 cm³/mol. The van der Waals surface area contributed by atoms with E-state index in [2.05, 4.69) is 27.4 Å². The quantitative estimate of drug-likeness (QED) is 0.436. The van der Waals surface area contributed by atoms with E-state index in [0.717, 1.165) is 24.2 Å². The van der Waals surface area contributed by atoms with Crippen LogP contribution in [0.5, 0.6) is 0 Å². The van der Waals surface area contributed by atoms with Gasteiger partial charge >= 0.3 is 0 Å². The highest BCUT2D eigenvalue weighted by Gasteiger charge is 2.18. The predicted octanol–water partition coefficient (Wildman–Crippen LogP) is 3.29. The fraction of sp³-hybridized carbons (Fsp3) is 0.478. The number of nitrogens with zero attached hydrogens (tertiary/aromatic N) is 3. The first-order chi connectivity index (χ1) is 15.1. The molecule has 8 heteroatoms. The van der Waals surface area contributed by atoms with Crippen LogP contribution in [0.25, 0.3) is 0 Å². The molecular formula is C23H31N5O2S. The minimum Gasteiger partial charge on any atom is -0.353 e. The Balaban J connectivity index is 1.51. The number of hydrogen-bond acceptors (Lipinski definition) is 5. The van der Waals surface area contributed by atoms with Gasteiger partial charge in [0.2, 0.25) is 5.91 Å². The van der Waals surface area contributed by atoms with Crippen molar-refractivity contribution in [3.8, 4) is 0 Å². The van der Waals surface area contributed by atoms with Crippen molar-refractivity contribution in [1.82, 2.24) is 25.4 Å². The summed E-state index contributed by atoms with van der Waals surface area (Å²) in [6.07, 6.45) is 8.12. The van der Waals surface area contributed by atoms with Crippen LogP contribution in [0.2, 0.25) is 0 Å². The van der Waals surface area contributed by atoms with Crippen LogP contribution in [0.1, 0.15) is 53.8 Å². The Kier molecular flexibility index (Phi) is 8.70. The van der Waals surface area contributed by atoms with Crippen molar-refractivity contribution in [3.63, 3.8) is 0 Å². The van der Waals surface area contributed by atoms with Gasteiger partial charge in [-0.15, -0.1) is 16.8 Å². The molecule has 1 saturated carbocycles. The molecule has 2 amide bonds. The van der Waals surface area contributed by atoms with Crippen LogP contribution in [0.3, 0.4) is 0 Å². The minimum atomic E-state index is -0.104. The molecule has 0 unspecified atom stereocenters. The number of amides is 2. The lowest BCUT2D eigenvalue weighted by molar-refractivity contribution is -0.119. The Labute approximate surface area is 188 Å². The number of aryl methyl sites for hydroxylation is 1. The summed E-state index contributed by atoms with van der Waals surface area (Å²) in [5, 5.41) is 15.3. The summed E-state index contributed by atoms with van der Waals surface area (Å²) in [5.41, 5.74) is 1.69. The number of carbonyl (C=O) groups excluding carboxylic acids is 2. The van der Waals surface area contributed by atoms with Gasteiger partial charge in [0.15, 0.2) is 5.16 Å². The number of rotatable bonds is 10. The summed E-state index contributed by atoms with van der Waals surface area (Å²) in [6.45, 7) is 6.78. The standard InChI is InChI=1S/C23H31N5O2S/c1-3-14-28-20(12-13-24-22(30)18-9-7-8-17(2)15-18)26-27-23(28)31-16-21(29)25-19-10-5-4-6-11-19/h3,7-9,15,19H,1,4-6,10-14,16H2,2H3,(H,24,30)(H,25,29). The van der Waals surface area contributed by atoms with Crippen LogP contribution in [0.4, 0.5) is 0 Å². The average Bonchev–Trinajstić information content (AvgIpc) is 3.15. The van der Waals surface area contributed by atoms with Gasteiger partial charge in [-0.05, 0) is 31.9 Å². The highest BCUT2D eigenvalue weighted by molar-refractivity contribution is 7.99. The molecule has 1 aromatic carbocycles. The molecule has 1 aliphatic rings. The van der Waals surface area contributed by atoms with Crippen molar-refractivity contribution in [1.29, 1.82) is 0 Å². The monoisotopic (exact) mass is 441 g/mol. The van der Waals surface area contributed by atoms with Crippen molar-refractivity contribution in [2.75, 3.05) is 12.3 Å². The van der Waals surface area contributed by atoms with Crippen molar-refractivity contribution < 1.29 is 9.59 Å². The summed E-state index contributed by atoms with van der Waals surface area (Å²) in [6, 6.07) is 7.81. The zero-order chi connectivity index (χ0) is 22.1. The number of nitrogens with one attached hydrogen (secondary N) is 2. The topological polar surface area (TPSA) is 88.9 Å².